The fraction of sp³-hybridized carbons (Fsp3) is 0.611. The second kappa shape index (κ2) is 10.3. The van der Waals surface area contributed by atoms with Crippen LogP contribution in [0, 0.1) is 19.8 Å². The number of hydrogen-bond donors (Lipinski definition) is 2. The van der Waals surface area contributed by atoms with Crippen molar-refractivity contribution in [3.05, 3.63) is 29.3 Å². The van der Waals surface area contributed by atoms with E-state index in [0.717, 1.165) is 24.0 Å². The van der Waals surface area contributed by atoms with Crippen molar-refractivity contribution in [2.75, 3.05) is 26.2 Å². The number of nitrogens with zero attached hydrogens (tertiary/aromatic N) is 1. The molecule has 1 aromatic rings. The number of aryl methyl sites for hydroxylation is 2. The first-order chi connectivity index (χ1) is 11.9. The van der Waals surface area contributed by atoms with E-state index in [1.165, 1.54) is 4.31 Å². The number of rotatable bonds is 7. The van der Waals surface area contributed by atoms with Gasteiger partial charge in [0.1, 0.15) is 0 Å². The van der Waals surface area contributed by atoms with Crippen molar-refractivity contribution in [2.45, 2.75) is 44.4 Å². The van der Waals surface area contributed by atoms with Gasteiger partial charge in [0.15, 0.2) is 0 Å². The first-order valence-electron chi connectivity index (χ1n) is 8.91. The van der Waals surface area contributed by atoms with E-state index in [4.69, 9.17) is 5.73 Å². The maximum absolute atomic E-state index is 12.9. The summed E-state index contributed by atoms with van der Waals surface area (Å²) in [5.41, 5.74) is 7.24. The highest BCUT2D eigenvalue weighted by molar-refractivity contribution is 7.89. The minimum Gasteiger partial charge on any atom is -0.356 e. The summed E-state index contributed by atoms with van der Waals surface area (Å²) in [7, 11) is -3.50. The third-order valence-electron chi connectivity index (χ3n) is 4.70. The molecule has 1 fully saturated rings. The molecule has 0 spiro atoms. The van der Waals surface area contributed by atoms with Gasteiger partial charge in [-0.15, -0.1) is 12.4 Å². The van der Waals surface area contributed by atoms with E-state index in [0.29, 0.717) is 43.9 Å². The highest BCUT2D eigenvalue weighted by Gasteiger charge is 2.32. The van der Waals surface area contributed by atoms with E-state index in [9.17, 15) is 13.2 Å². The highest BCUT2D eigenvalue weighted by atomic mass is 35.5. The Morgan fingerprint density at radius 2 is 1.88 bits per heavy atom. The summed E-state index contributed by atoms with van der Waals surface area (Å²) in [5, 5.41) is 2.93. The number of carbonyl (C=O) groups excluding carboxylic acids is 1. The summed E-state index contributed by atoms with van der Waals surface area (Å²) in [5.74, 6) is -0.0796. The Morgan fingerprint density at radius 3 is 2.46 bits per heavy atom. The number of unbranched alkanes of at least 4 members (excludes halogenated alkanes) is 1. The van der Waals surface area contributed by atoms with Crippen LogP contribution >= 0.6 is 12.4 Å². The van der Waals surface area contributed by atoms with Gasteiger partial charge in [-0.2, -0.15) is 4.31 Å². The molecule has 1 aromatic carbocycles. The summed E-state index contributed by atoms with van der Waals surface area (Å²) in [6.07, 6.45) is 2.90. The normalized spacial score (nSPS) is 16.1. The van der Waals surface area contributed by atoms with Crippen molar-refractivity contribution < 1.29 is 13.2 Å². The number of sulfonamides is 1. The molecule has 1 aliphatic heterocycles. The topological polar surface area (TPSA) is 92.5 Å². The quantitative estimate of drug-likeness (QED) is 0.681. The van der Waals surface area contributed by atoms with E-state index >= 15 is 0 Å². The number of nitrogens with two attached hydrogens (primary N) is 1. The van der Waals surface area contributed by atoms with E-state index in [2.05, 4.69) is 5.32 Å². The summed E-state index contributed by atoms with van der Waals surface area (Å²) >= 11 is 0. The Hall–Kier alpha value is -1.15. The Balaban J connectivity index is 0.00000338. The molecule has 0 saturated carbocycles. The molecule has 148 valence electrons. The molecule has 1 aliphatic rings. The first-order valence-corrected chi connectivity index (χ1v) is 10.4. The number of benzene rings is 1. The molecule has 1 heterocycles. The third-order valence-corrected chi connectivity index (χ3v) is 6.76. The first kappa shape index (κ1) is 22.9. The number of hydrogen-bond acceptors (Lipinski definition) is 4. The molecule has 26 heavy (non-hydrogen) atoms. The van der Waals surface area contributed by atoms with Crippen LogP contribution in [0.2, 0.25) is 0 Å². The predicted molar refractivity (Wildman–Crippen MR) is 106 cm³/mol. The number of amides is 1. The van der Waals surface area contributed by atoms with Crippen molar-refractivity contribution in [1.82, 2.24) is 9.62 Å². The van der Waals surface area contributed by atoms with E-state index < -0.39 is 10.0 Å². The standard InChI is InChI=1S/C18H29N3O3S.ClH/c1-14-5-6-17(15(2)13-14)25(23,24)21-11-7-16(8-12-21)18(22)20-10-4-3-9-19;/h5-6,13,16H,3-4,7-12,19H2,1-2H3,(H,20,22);1H. The Bertz CT molecular complexity index is 702. The molecule has 0 aliphatic carbocycles. The minimum absolute atomic E-state index is 0. The number of halogens is 1. The molecule has 0 aromatic heterocycles. The van der Waals surface area contributed by atoms with Crippen LogP contribution < -0.4 is 11.1 Å². The fourth-order valence-electron chi connectivity index (χ4n) is 3.21. The van der Waals surface area contributed by atoms with Gasteiger partial charge >= 0.3 is 0 Å². The number of carbonyl (C=O) groups is 1. The van der Waals surface area contributed by atoms with Crippen molar-refractivity contribution >= 4 is 28.3 Å². The lowest BCUT2D eigenvalue weighted by Gasteiger charge is -2.31. The molecular formula is C18H30ClN3O3S. The molecule has 8 heteroatoms. The average Bonchev–Trinajstić information content (AvgIpc) is 2.58. The molecule has 0 bridgehead atoms. The maximum Gasteiger partial charge on any atom is 0.243 e. The predicted octanol–water partition coefficient (Wildman–Crippen LogP) is 1.98. The Kier molecular flexibility index (Phi) is 9.03. The zero-order valence-electron chi connectivity index (χ0n) is 15.5. The lowest BCUT2D eigenvalue weighted by molar-refractivity contribution is -0.126. The van der Waals surface area contributed by atoms with Gasteiger partial charge in [-0.3, -0.25) is 4.79 Å². The molecule has 1 saturated heterocycles. The van der Waals surface area contributed by atoms with Gasteiger partial charge < -0.3 is 11.1 Å². The van der Waals surface area contributed by atoms with E-state index in [-0.39, 0.29) is 24.2 Å². The molecule has 2 rings (SSSR count). The van der Waals surface area contributed by atoms with Crippen LogP contribution in [0.4, 0.5) is 0 Å². The van der Waals surface area contributed by atoms with Crippen molar-refractivity contribution in [2.24, 2.45) is 11.7 Å². The smallest absolute Gasteiger partial charge is 0.243 e. The second-order valence-electron chi connectivity index (χ2n) is 6.73. The van der Waals surface area contributed by atoms with Gasteiger partial charge in [-0.25, -0.2) is 8.42 Å². The molecule has 0 atom stereocenters. The molecular weight excluding hydrogens is 374 g/mol. The fourth-order valence-corrected chi connectivity index (χ4v) is 4.89. The van der Waals surface area contributed by atoms with Crippen LogP contribution in [0.5, 0.6) is 0 Å². The van der Waals surface area contributed by atoms with Crippen LogP contribution in [0.15, 0.2) is 23.1 Å². The molecule has 1 amide bonds. The molecule has 0 radical (unpaired) electrons. The van der Waals surface area contributed by atoms with Crippen LogP contribution in [0.1, 0.15) is 36.8 Å². The monoisotopic (exact) mass is 403 g/mol. The average molecular weight is 404 g/mol. The SMILES string of the molecule is Cc1ccc(S(=O)(=O)N2CCC(C(=O)NCCCCN)CC2)c(C)c1.Cl. The van der Waals surface area contributed by atoms with E-state index in [1.54, 1.807) is 6.07 Å². The zero-order valence-corrected chi connectivity index (χ0v) is 17.2. The minimum atomic E-state index is -3.50. The third kappa shape index (κ3) is 5.67. The van der Waals surface area contributed by atoms with Crippen LogP contribution in [0.3, 0.4) is 0 Å². The molecule has 6 nitrogen and oxygen atoms in total. The van der Waals surface area contributed by atoms with Gasteiger partial charge in [0, 0.05) is 25.6 Å². The van der Waals surface area contributed by atoms with Gasteiger partial charge in [-0.05, 0) is 57.7 Å². The molecule has 0 unspecified atom stereocenters. The summed E-state index contributed by atoms with van der Waals surface area (Å²) < 4.78 is 27.2. The van der Waals surface area contributed by atoms with Crippen molar-refractivity contribution in [1.29, 1.82) is 0 Å². The highest BCUT2D eigenvalue weighted by Crippen LogP contribution is 2.26. The summed E-state index contributed by atoms with van der Waals surface area (Å²) in [6, 6.07) is 5.38. The van der Waals surface area contributed by atoms with Gasteiger partial charge in [0.25, 0.3) is 0 Å². The van der Waals surface area contributed by atoms with Crippen LogP contribution in [-0.4, -0.2) is 44.8 Å². The van der Waals surface area contributed by atoms with Crippen LogP contribution in [-0.2, 0) is 14.8 Å². The largest absolute Gasteiger partial charge is 0.356 e. The Labute approximate surface area is 163 Å². The second-order valence-corrected chi connectivity index (χ2v) is 8.64. The lowest BCUT2D eigenvalue weighted by Crippen LogP contribution is -2.43. The number of piperidine rings is 1. The van der Waals surface area contributed by atoms with Gasteiger partial charge in [-0.1, -0.05) is 17.7 Å². The number of nitrogens with one attached hydrogen (secondary N) is 1. The van der Waals surface area contributed by atoms with Gasteiger partial charge in [0.2, 0.25) is 15.9 Å². The Morgan fingerprint density at radius 1 is 1.23 bits per heavy atom. The lowest BCUT2D eigenvalue weighted by atomic mass is 9.97. The summed E-state index contributed by atoms with van der Waals surface area (Å²) in [4.78, 5) is 12.5. The molecule has 3 N–H and O–H groups in total. The summed E-state index contributed by atoms with van der Waals surface area (Å²) in [6.45, 7) is 5.80. The van der Waals surface area contributed by atoms with Crippen molar-refractivity contribution in [3.63, 3.8) is 0 Å². The van der Waals surface area contributed by atoms with Crippen LogP contribution in [0.25, 0.3) is 0 Å². The van der Waals surface area contributed by atoms with Gasteiger partial charge in [0.05, 0.1) is 4.90 Å². The zero-order chi connectivity index (χ0) is 18.4. The van der Waals surface area contributed by atoms with Crippen molar-refractivity contribution in [3.8, 4) is 0 Å². The van der Waals surface area contributed by atoms with E-state index in [1.807, 2.05) is 26.0 Å². The maximum atomic E-state index is 12.9.